The van der Waals surface area contributed by atoms with Gasteiger partial charge in [-0.15, -0.1) is 0 Å². The van der Waals surface area contributed by atoms with Gasteiger partial charge in [-0.25, -0.2) is 0 Å². The van der Waals surface area contributed by atoms with E-state index < -0.39 is 0 Å². The quantitative estimate of drug-likeness (QED) is 0.132. The van der Waals surface area contributed by atoms with Gasteiger partial charge in [-0.3, -0.25) is 15.0 Å². The monoisotopic (exact) mass is 670 g/mol. The summed E-state index contributed by atoms with van der Waals surface area (Å²) in [6.45, 7) is 0. The van der Waals surface area contributed by atoms with Gasteiger partial charge in [0.15, 0.2) is 34.5 Å². The Morgan fingerprint density at radius 3 is 1.22 bits per heavy atom. The van der Waals surface area contributed by atoms with Gasteiger partial charge in [0.05, 0.1) is 70.6 Å². The predicted molar refractivity (Wildman–Crippen MR) is 193 cm³/mol. The van der Waals surface area contributed by atoms with E-state index in [1.165, 1.54) is 0 Å². The number of rotatable bonds is 11. The van der Waals surface area contributed by atoms with Gasteiger partial charge >= 0.3 is 0 Å². The summed E-state index contributed by atoms with van der Waals surface area (Å²) in [7, 11) is 9.64. The maximum Gasteiger partial charge on any atom is 0.162 e. The molecule has 50 heavy (non-hydrogen) atoms. The van der Waals surface area contributed by atoms with E-state index in [0.717, 1.165) is 49.8 Å². The van der Waals surface area contributed by atoms with Crippen molar-refractivity contribution in [3.63, 3.8) is 0 Å². The van der Waals surface area contributed by atoms with Crippen LogP contribution in [0.5, 0.6) is 46.0 Å². The van der Waals surface area contributed by atoms with E-state index in [4.69, 9.17) is 33.2 Å². The van der Waals surface area contributed by atoms with E-state index in [9.17, 15) is 0 Å². The van der Waals surface area contributed by atoms with Crippen LogP contribution in [0.2, 0.25) is 0 Å². The van der Waals surface area contributed by atoms with Crippen molar-refractivity contribution in [2.75, 3.05) is 47.6 Å². The second-order valence-electron chi connectivity index (χ2n) is 11.1. The average molecular weight is 671 g/mol. The van der Waals surface area contributed by atoms with Gasteiger partial charge in [0.1, 0.15) is 11.5 Å². The Hall–Kier alpha value is -6.49. The summed E-state index contributed by atoms with van der Waals surface area (Å²) in [6, 6.07) is 24.9. The second kappa shape index (κ2) is 13.6. The van der Waals surface area contributed by atoms with Crippen LogP contribution in [0.15, 0.2) is 97.5 Å². The molecule has 3 aromatic heterocycles. The molecule has 0 saturated carbocycles. The summed E-state index contributed by atoms with van der Waals surface area (Å²) in [4.78, 5) is 16.0. The summed E-state index contributed by atoms with van der Waals surface area (Å²) >= 11 is 0. The molecule has 4 aromatic carbocycles. The first kappa shape index (κ1) is 32.1. The van der Waals surface area contributed by atoms with Crippen molar-refractivity contribution >= 4 is 49.8 Å². The molecule has 11 heteroatoms. The predicted octanol–water partition coefficient (Wildman–Crippen LogP) is 8.64. The number of benzene rings is 4. The highest BCUT2D eigenvalue weighted by Gasteiger charge is 2.22. The Balaban J connectivity index is 1.38. The molecule has 0 aliphatic carbocycles. The Labute approximate surface area is 288 Å². The van der Waals surface area contributed by atoms with Crippen molar-refractivity contribution in [2.24, 2.45) is 0 Å². The molecule has 7 rings (SSSR count). The normalized spacial score (nSPS) is 11.0. The fourth-order valence-electron chi connectivity index (χ4n) is 6.04. The zero-order valence-corrected chi connectivity index (χ0v) is 28.4. The molecule has 0 aliphatic heterocycles. The molecule has 0 bridgehead atoms. The van der Waals surface area contributed by atoms with Crippen LogP contribution in [0.25, 0.3) is 32.7 Å². The molecular weight excluding hydrogens is 636 g/mol. The van der Waals surface area contributed by atoms with Crippen molar-refractivity contribution in [3.05, 3.63) is 97.5 Å². The van der Waals surface area contributed by atoms with Crippen LogP contribution in [0.1, 0.15) is 0 Å². The Morgan fingerprint density at radius 1 is 0.400 bits per heavy atom. The Bertz CT molecular complexity index is 2250. The minimum atomic E-state index is 0.585. The largest absolute Gasteiger partial charge is 0.493 e. The average Bonchev–Trinajstić information content (AvgIpc) is 3.17. The van der Waals surface area contributed by atoms with Gasteiger partial charge in [-0.1, -0.05) is 0 Å². The summed E-state index contributed by atoms with van der Waals surface area (Å²) in [5.74, 6) is 4.78. The Morgan fingerprint density at radius 2 is 0.780 bits per heavy atom. The zero-order chi connectivity index (χ0) is 34.8. The third kappa shape index (κ3) is 5.68. The number of hydrogen-bond acceptors (Lipinski definition) is 11. The highest BCUT2D eigenvalue weighted by Crippen LogP contribution is 2.46. The number of aromatic nitrogens is 3. The van der Waals surface area contributed by atoms with Crippen molar-refractivity contribution in [3.8, 4) is 46.0 Å². The third-order valence-electron chi connectivity index (χ3n) is 8.46. The molecule has 0 amide bonds. The molecular formula is C39H34N4O7. The van der Waals surface area contributed by atoms with Gasteiger partial charge in [-0.05, 0) is 60.7 Å². The molecule has 0 aliphatic rings. The first-order valence-corrected chi connectivity index (χ1v) is 15.6. The molecule has 0 fully saturated rings. The van der Waals surface area contributed by atoms with Gasteiger partial charge in [-0.2, -0.15) is 0 Å². The van der Waals surface area contributed by atoms with Gasteiger partial charge < -0.3 is 38.1 Å². The summed E-state index contributed by atoms with van der Waals surface area (Å²) in [5.41, 5.74) is 4.75. The van der Waals surface area contributed by atoms with Crippen LogP contribution >= 0.6 is 0 Å². The van der Waals surface area contributed by atoms with E-state index >= 15 is 0 Å². The first-order valence-electron chi connectivity index (χ1n) is 15.6. The molecule has 0 atom stereocenters. The summed E-state index contributed by atoms with van der Waals surface area (Å²) in [5, 5.41) is 2.49. The van der Waals surface area contributed by atoms with E-state index in [1.807, 2.05) is 78.9 Å². The lowest BCUT2D eigenvalue weighted by molar-refractivity contribution is 0.355. The molecule has 7 aromatic rings. The van der Waals surface area contributed by atoms with Crippen LogP contribution < -0.4 is 38.1 Å². The number of pyridine rings is 3. The number of ether oxygens (including phenoxy) is 7. The van der Waals surface area contributed by atoms with Gasteiger partial charge in [0.25, 0.3) is 0 Å². The number of hydrogen-bond donors (Lipinski definition) is 0. The number of methoxy groups -OCH3 is 6. The molecule has 11 nitrogen and oxygen atoms in total. The molecule has 0 spiro atoms. The van der Waals surface area contributed by atoms with Gasteiger partial charge in [0.2, 0.25) is 0 Å². The SMILES string of the molecule is COc1cc2nccc(Oc3ccc(N(c4ccnc5cc(OC)c(OC)cc45)c4ccnc5cc(OC)c(OC)cc45)cc3)c2cc1OC. The van der Waals surface area contributed by atoms with Gasteiger partial charge in [0, 0.05) is 58.6 Å². The molecule has 0 radical (unpaired) electrons. The van der Waals surface area contributed by atoms with E-state index in [0.29, 0.717) is 46.0 Å². The van der Waals surface area contributed by atoms with E-state index in [-0.39, 0.29) is 0 Å². The third-order valence-corrected chi connectivity index (χ3v) is 8.46. The topological polar surface area (TPSA) is 107 Å². The van der Waals surface area contributed by atoms with Crippen molar-refractivity contribution in [1.82, 2.24) is 15.0 Å². The standard InChI is InChI=1S/C39H34N4O7/c1-44-34-17-25-28(20-37(34)47-4)40-14-11-31(25)43(32-12-15-41-29-21-38(48-5)35(45-2)18-26(29)32)23-7-9-24(10-8-23)50-33-13-16-42-30-22-39(49-6)36(46-3)19-27(30)33/h7-22H,1-6H3. The summed E-state index contributed by atoms with van der Waals surface area (Å²) in [6.07, 6.45) is 5.26. The van der Waals surface area contributed by atoms with Crippen LogP contribution in [0.3, 0.4) is 0 Å². The maximum atomic E-state index is 6.43. The highest BCUT2D eigenvalue weighted by atomic mass is 16.5. The van der Waals surface area contributed by atoms with Crippen molar-refractivity contribution in [2.45, 2.75) is 0 Å². The lowest BCUT2D eigenvalue weighted by Gasteiger charge is -2.28. The molecule has 0 saturated heterocycles. The molecule has 3 heterocycles. The number of fused-ring (bicyclic) bond motifs is 3. The van der Waals surface area contributed by atoms with Crippen LogP contribution in [0, 0.1) is 0 Å². The maximum absolute atomic E-state index is 6.43. The molecule has 0 N–H and O–H groups in total. The smallest absolute Gasteiger partial charge is 0.162 e. The minimum absolute atomic E-state index is 0.585. The first-order chi connectivity index (χ1) is 24.5. The lowest BCUT2D eigenvalue weighted by Crippen LogP contribution is -2.12. The fraction of sp³-hybridized carbons (Fsp3) is 0.154. The van der Waals surface area contributed by atoms with E-state index in [1.54, 1.807) is 61.2 Å². The Kier molecular flexibility index (Phi) is 8.70. The zero-order valence-electron chi connectivity index (χ0n) is 28.4. The number of anilines is 3. The highest BCUT2D eigenvalue weighted by molar-refractivity contribution is 6.04. The van der Waals surface area contributed by atoms with E-state index in [2.05, 4.69) is 19.9 Å². The van der Waals surface area contributed by atoms with Crippen LogP contribution in [-0.4, -0.2) is 57.6 Å². The molecule has 252 valence electrons. The van der Waals surface area contributed by atoms with Crippen LogP contribution in [0.4, 0.5) is 17.1 Å². The number of nitrogens with zero attached hydrogens (tertiary/aromatic N) is 4. The van der Waals surface area contributed by atoms with Crippen molar-refractivity contribution < 1.29 is 33.2 Å². The lowest BCUT2D eigenvalue weighted by atomic mass is 10.1. The fourth-order valence-corrected chi connectivity index (χ4v) is 6.04. The summed E-state index contributed by atoms with van der Waals surface area (Å²) < 4.78 is 40.0. The minimum Gasteiger partial charge on any atom is -0.493 e. The second-order valence-corrected chi connectivity index (χ2v) is 11.1. The molecule has 0 unspecified atom stereocenters. The van der Waals surface area contributed by atoms with Crippen molar-refractivity contribution in [1.29, 1.82) is 0 Å². The van der Waals surface area contributed by atoms with Crippen LogP contribution in [-0.2, 0) is 0 Å².